The Labute approximate surface area is 217 Å². The van der Waals surface area contributed by atoms with E-state index in [9.17, 15) is 9.59 Å². The highest BCUT2D eigenvalue weighted by Crippen LogP contribution is 2.40. The molecule has 3 aliphatic rings. The summed E-state index contributed by atoms with van der Waals surface area (Å²) in [7, 11) is 0. The number of halogens is 1. The zero-order chi connectivity index (χ0) is 25.0. The van der Waals surface area contributed by atoms with Crippen LogP contribution in [-0.4, -0.2) is 31.1 Å². The largest absolute Gasteiger partial charge is 0.416 e. The molecule has 7 nitrogen and oxygen atoms in total. The highest BCUT2D eigenvalue weighted by molar-refractivity contribution is 6.33. The van der Waals surface area contributed by atoms with Gasteiger partial charge in [0, 0.05) is 24.7 Å². The second kappa shape index (κ2) is 11.2. The van der Waals surface area contributed by atoms with Crippen molar-refractivity contribution in [1.82, 2.24) is 10.6 Å². The molecule has 1 saturated heterocycles. The zero-order valence-corrected chi connectivity index (χ0v) is 21.3. The molecule has 1 saturated carbocycles. The molecule has 1 spiro atoms. The fourth-order valence-corrected chi connectivity index (χ4v) is 5.64. The average Bonchev–Trinajstić information content (AvgIpc) is 3.15. The zero-order valence-electron chi connectivity index (χ0n) is 20.5. The predicted molar refractivity (Wildman–Crippen MR) is 139 cm³/mol. The quantitative estimate of drug-likeness (QED) is 0.490. The molecule has 1 aliphatic carbocycles. The Morgan fingerprint density at radius 2 is 1.56 bits per heavy atom. The lowest BCUT2D eigenvalue weighted by atomic mass is 9.95. The molecule has 0 atom stereocenters. The van der Waals surface area contributed by atoms with Gasteiger partial charge in [0.05, 0.1) is 30.1 Å². The van der Waals surface area contributed by atoms with E-state index >= 15 is 0 Å². The minimum absolute atomic E-state index is 0.0147. The van der Waals surface area contributed by atoms with Crippen molar-refractivity contribution in [2.45, 2.75) is 76.3 Å². The molecule has 2 fully saturated rings. The van der Waals surface area contributed by atoms with E-state index in [1.54, 1.807) is 12.1 Å². The molecule has 0 unspecified atom stereocenters. The van der Waals surface area contributed by atoms with E-state index in [-0.39, 0.29) is 19.4 Å². The predicted octanol–water partition coefficient (Wildman–Crippen LogP) is 4.55. The van der Waals surface area contributed by atoms with Crippen LogP contribution in [0.5, 0.6) is 0 Å². The third-order valence-electron chi connectivity index (χ3n) is 7.36. The van der Waals surface area contributed by atoms with Gasteiger partial charge in [-0.1, -0.05) is 55.1 Å². The van der Waals surface area contributed by atoms with Crippen molar-refractivity contribution in [2.24, 2.45) is 0 Å². The smallest absolute Gasteiger partial charge is 0.309 e. The Morgan fingerprint density at radius 3 is 2.25 bits per heavy atom. The number of anilines is 1. The summed E-state index contributed by atoms with van der Waals surface area (Å²) in [5.41, 5.74) is 4.74. The summed E-state index contributed by atoms with van der Waals surface area (Å²) in [6.07, 6.45) is 7.26. The first-order valence-corrected chi connectivity index (χ1v) is 13.4. The molecule has 2 aromatic carbocycles. The first kappa shape index (κ1) is 25.1. The Balaban J connectivity index is 1.31. The van der Waals surface area contributed by atoms with Crippen LogP contribution in [-0.2, 0) is 44.4 Å². The first-order chi connectivity index (χ1) is 17.5. The van der Waals surface area contributed by atoms with E-state index < -0.39 is 17.7 Å². The molecule has 192 valence electrons. The summed E-state index contributed by atoms with van der Waals surface area (Å²) in [5, 5.41) is 11.0. The molecule has 3 N–H and O–H groups in total. The molecule has 0 radical (unpaired) electrons. The molecule has 0 bridgehead atoms. The highest BCUT2D eigenvalue weighted by atomic mass is 35.5. The minimum Gasteiger partial charge on any atom is -0.416 e. The summed E-state index contributed by atoms with van der Waals surface area (Å²) >= 11 is 6.63. The molecule has 5 rings (SSSR count). The van der Waals surface area contributed by atoms with Crippen molar-refractivity contribution >= 4 is 29.2 Å². The van der Waals surface area contributed by atoms with Crippen LogP contribution in [0.15, 0.2) is 36.4 Å². The van der Waals surface area contributed by atoms with Crippen molar-refractivity contribution in [2.75, 3.05) is 18.4 Å². The number of carbonyl (C=O) groups excluding carboxylic acids is 2. The summed E-state index contributed by atoms with van der Waals surface area (Å²) in [6.45, 7) is 2.33. The number of fused-ring (bicyclic) bond motifs is 2. The van der Waals surface area contributed by atoms with Crippen LogP contribution in [0, 0.1) is 0 Å². The Kier molecular flexibility index (Phi) is 7.79. The van der Waals surface area contributed by atoms with E-state index in [4.69, 9.17) is 21.1 Å². The number of hydrogen-bond acceptors (Lipinski definition) is 7. The number of carbonyl (C=O) groups is 2. The number of ether oxygens (including phenoxy) is 2. The first-order valence-electron chi connectivity index (χ1n) is 13.0. The fourth-order valence-electron chi connectivity index (χ4n) is 5.40. The van der Waals surface area contributed by atoms with Crippen LogP contribution < -0.4 is 16.0 Å². The maximum atomic E-state index is 12.3. The van der Waals surface area contributed by atoms with Crippen molar-refractivity contribution in [1.29, 1.82) is 0 Å². The lowest BCUT2D eigenvalue weighted by Crippen LogP contribution is -2.43. The van der Waals surface area contributed by atoms with Crippen LogP contribution in [0.25, 0.3) is 0 Å². The number of rotatable bonds is 6. The third kappa shape index (κ3) is 5.69. The van der Waals surface area contributed by atoms with Gasteiger partial charge in [-0.15, -0.1) is 0 Å². The molecule has 0 amide bonds. The van der Waals surface area contributed by atoms with E-state index in [1.807, 2.05) is 0 Å². The maximum absolute atomic E-state index is 12.3. The lowest BCUT2D eigenvalue weighted by molar-refractivity contribution is -0.225. The topological polar surface area (TPSA) is 88.7 Å². The minimum atomic E-state index is -1.48. The second-order valence-electron chi connectivity index (χ2n) is 9.96. The van der Waals surface area contributed by atoms with Gasteiger partial charge in [0.25, 0.3) is 5.79 Å². The summed E-state index contributed by atoms with van der Waals surface area (Å²) in [5.74, 6) is -2.37. The Bertz CT molecular complexity index is 1080. The van der Waals surface area contributed by atoms with Crippen LogP contribution >= 0.6 is 11.6 Å². The summed E-state index contributed by atoms with van der Waals surface area (Å²) in [4.78, 5) is 24.6. The summed E-state index contributed by atoms with van der Waals surface area (Å²) in [6, 6.07) is 12.8. The number of nitrogens with one attached hydrogen (secondary N) is 3. The van der Waals surface area contributed by atoms with Gasteiger partial charge < -0.3 is 25.4 Å². The molecule has 36 heavy (non-hydrogen) atoms. The van der Waals surface area contributed by atoms with Gasteiger partial charge in [-0.25, -0.2) is 0 Å². The highest BCUT2D eigenvalue weighted by Gasteiger charge is 2.46. The Morgan fingerprint density at radius 1 is 0.889 bits per heavy atom. The van der Waals surface area contributed by atoms with Gasteiger partial charge in [0.15, 0.2) is 0 Å². The van der Waals surface area contributed by atoms with Gasteiger partial charge in [-0.3, -0.25) is 9.59 Å². The summed E-state index contributed by atoms with van der Waals surface area (Å²) < 4.78 is 11.5. The number of esters is 2. The van der Waals surface area contributed by atoms with Gasteiger partial charge in [-0.05, 0) is 54.6 Å². The van der Waals surface area contributed by atoms with Gasteiger partial charge in [0.1, 0.15) is 0 Å². The second-order valence-corrected chi connectivity index (χ2v) is 10.4. The molecular formula is C28H34ClN3O4. The molecule has 8 heteroatoms. The molecule has 2 aliphatic heterocycles. The molecule has 0 aromatic heterocycles. The average molecular weight is 512 g/mol. The van der Waals surface area contributed by atoms with Gasteiger partial charge in [-0.2, -0.15) is 0 Å². The number of hydrogen-bond donors (Lipinski definition) is 3. The van der Waals surface area contributed by atoms with Crippen LogP contribution in [0.2, 0.25) is 5.02 Å². The van der Waals surface area contributed by atoms with E-state index in [0.717, 1.165) is 23.4 Å². The van der Waals surface area contributed by atoms with Crippen molar-refractivity contribution in [3.63, 3.8) is 0 Å². The number of benzene rings is 2. The van der Waals surface area contributed by atoms with E-state index in [0.29, 0.717) is 36.1 Å². The molecular weight excluding hydrogens is 478 g/mol. The van der Waals surface area contributed by atoms with Gasteiger partial charge >= 0.3 is 11.9 Å². The van der Waals surface area contributed by atoms with Crippen molar-refractivity contribution in [3.8, 4) is 0 Å². The lowest BCUT2D eigenvalue weighted by Gasteiger charge is -2.32. The van der Waals surface area contributed by atoms with Crippen LogP contribution in [0.3, 0.4) is 0 Å². The SMILES string of the molecule is O=C1CCC(=O)OC2(CNCCc3c2ccc(Cl)c3NCc2ccc(CNC3CCCCC3)cc2)O1. The Hall–Kier alpha value is -2.61. The normalized spacial score (nSPS) is 20.1. The van der Waals surface area contributed by atoms with Crippen molar-refractivity contribution < 1.29 is 19.1 Å². The fraction of sp³-hybridized carbons (Fsp3) is 0.500. The van der Waals surface area contributed by atoms with E-state index in [2.05, 4.69) is 40.2 Å². The maximum Gasteiger partial charge on any atom is 0.309 e. The van der Waals surface area contributed by atoms with Crippen molar-refractivity contribution in [3.05, 3.63) is 63.7 Å². The van der Waals surface area contributed by atoms with Crippen LogP contribution in [0.1, 0.15) is 67.2 Å². The molecule has 2 aromatic rings. The third-order valence-corrected chi connectivity index (χ3v) is 7.68. The van der Waals surface area contributed by atoms with E-state index in [1.165, 1.54) is 37.7 Å². The monoisotopic (exact) mass is 511 g/mol. The molecule has 2 heterocycles. The van der Waals surface area contributed by atoms with Crippen LogP contribution in [0.4, 0.5) is 5.69 Å². The van der Waals surface area contributed by atoms with Gasteiger partial charge in [0.2, 0.25) is 0 Å². The standard InChI is InChI=1S/C28H34ClN3O4/c29-24-11-10-23-22(14-15-30-18-28(23)35-25(33)12-13-26(34)36-28)27(24)32-17-20-8-6-19(7-9-20)16-31-21-4-2-1-3-5-21/h6-11,21,30-32H,1-5,12-18H2.